The Labute approximate surface area is 446 Å². The summed E-state index contributed by atoms with van der Waals surface area (Å²) in [6, 6.07) is -0.947. The van der Waals surface area contributed by atoms with Crippen LogP contribution in [-0.2, 0) is 23.7 Å². The van der Waals surface area contributed by atoms with E-state index in [0.717, 1.165) is 77.0 Å². The van der Waals surface area contributed by atoms with E-state index in [2.05, 4.69) is 92.1 Å². The van der Waals surface area contributed by atoms with Crippen molar-refractivity contribution in [2.24, 2.45) is 0 Å². The number of hydrogen-bond acceptors (Lipinski definition) is 13. The summed E-state index contributed by atoms with van der Waals surface area (Å²) in [4.78, 5) is 13.2. The lowest BCUT2D eigenvalue weighted by Gasteiger charge is -2.46. The van der Waals surface area contributed by atoms with E-state index < -0.39 is 86.8 Å². The van der Waals surface area contributed by atoms with Crippen LogP contribution in [0.2, 0.25) is 0 Å². The summed E-state index contributed by atoms with van der Waals surface area (Å²) >= 11 is 0. The van der Waals surface area contributed by atoms with Crippen molar-refractivity contribution in [2.75, 3.05) is 19.8 Å². The number of nitrogens with one attached hydrogen (secondary N) is 1. The molecule has 0 saturated carbocycles. The number of aliphatic hydroxyl groups excluding tert-OH is 8. The molecule has 14 nitrogen and oxygen atoms in total. The summed E-state index contributed by atoms with van der Waals surface area (Å²) in [6.45, 7) is 2.64. The maximum Gasteiger partial charge on any atom is 0.220 e. The minimum Gasteiger partial charge on any atom is -0.394 e. The molecule has 9 N–H and O–H groups in total. The van der Waals surface area contributed by atoms with Gasteiger partial charge >= 0.3 is 0 Å². The summed E-state index contributed by atoms with van der Waals surface area (Å²) in [5.41, 5.74) is 0. The van der Waals surface area contributed by atoms with Crippen LogP contribution in [0, 0.1) is 0 Å². The van der Waals surface area contributed by atoms with Crippen molar-refractivity contribution in [2.45, 2.75) is 267 Å². The fraction of sp³-hybridized carbons (Fsp3) is 0.750. The van der Waals surface area contributed by atoms with E-state index in [-0.39, 0.29) is 18.9 Å². The van der Waals surface area contributed by atoms with Crippen molar-refractivity contribution in [1.82, 2.24) is 5.32 Å². The molecule has 14 heteroatoms. The Kier molecular flexibility index (Phi) is 41.1. The number of carbonyl (C=O) groups excluding carboxylic acids is 1. The van der Waals surface area contributed by atoms with Crippen molar-refractivity contribution in [3.63, 3.8) is 0 Å². The first-order valence-corrected chi connectivity index (χ1v) is 28.8. The molecular formula is C60H103NO13. The van der Waals surface area contributed by atoms with Crippen molar-refractivity contribution < 1.29 is 64.6 Å². The van der Waals surface area contributed by atoms with E-state index in [1.165, 1.54) is 83.5 Å². The highest BCUT2D eigenvalue weighted by molar-refractivity contribution is 5.76. The van der Waals surface area contributed by atoms with Gasteiger partial charge in [0, 0.05) is 6.42 Å². The van der Waals surface area contributed by atoms with Crippen molar-refractivity contribution >= 4 is 5.91 Å². The first kappa shape index (κ1) is 67.3. The normalized spacial score (nSPS) is 25.9. The van der Waals surface area contributed by atoms with Gasteiger partial charge in [0.2, 0.25) is 5.91 Å². The molecule has 0 aromatic rings. The average molecular weight is 1050 g/mol. The van der Waals surface area contributed by atoms with E-state index >= 15 is 0 Å². The van der Waals surface area contributed by atoms with Gasteiger partial charge in [0.05, 0.1) is 32.0 Å². The number of carbonyl (C=O) groups is 1. The molecule has 2 fully saturated rings. The molecule has 74 heavy (non-hydrogen) atoms. The molecule has 2 rings (SSSR count). The first-order valence-electron chi connectivity index (χ1n) is 28.8. The summed E-state index contributed by atoms with van der Waals surface area (Å²) in [5.74, 6) is -0.271. The number of aliphatic hydroxyl groups is 8. The Balaban J connectivity index is 1.82. The van der Waals surface area contributed by atoms with Gasteiger partial charge < -0.3 is 65.1 Å². The molecule has 2 aliphatic heterocycles. The predicted octanol–water partition coefficient (Wildman–Crippen LogP) is 9.33. The number of hydrogen-bond donors (Lipinski definition) is 9. The molecule has 426 valence electrons. The summed E-state index contributed by atoms with van der Waals surface area (Å²) in [5, 5.41) is 87.0. The van der Waals surface area contributed by atoms with E-state index in [4.69, 9.17) is 18.9 Å². The van der Waals surface area contributed by atoms with Crippen molar-refractivity contribution in [3.8, 4) is 0 Å². The standard InChI is InChI=1S/C60H103NO13/c1-3-5-7-9-11-13-15-17-19-21-23-24-26-28-30-32-34-36-38-40-42-44-52(65)61-48(49(64)43-41-39-37-35-33-31-29-27-25-22-20-18-16-14-12-10-8-6-4-2)47-71-59-57(70)55(68)58(51(46-63)73-59)74-60-56(69)54(67)53(66)50(45-62)72-60/h5,7,11,13,17,19,23-24,28,30,33,35,41,43,48-51,53-60,62-64,66-70H,3-4,6,8-10,12,14-16,18,20-22,25-27,29,31-32,34,36-40,42,44-47H2,1-2H3,(H,61,65)/b7-5-,13-11-,19-17-,24-23-,30-28-,35-33+,43-41+. The molecule has 1 amide bonds. The zero-order valence-corrected chi connectivity index (χ0v) is 45.6. The van der Waals surface area contributed by atoms with Crippen LogP contribution in [0.5, 0.6) is 0 Å². The predicted molar refractivity (Wildman–Crippen MR) is 295 cm³/mol. The highest BCUT2D eigenvalue weighted by atomic mass is 16.7. The smallest absolute Gasteiger partial charge is 0.220 e. The Morgan fingerprint density at radius 2 is 0.946 bits per heavy atom. The van der Waals surface area contributed by atoms with Gasteiger partial charge in [-0.25, -0.2) is 0 Å². The van der Waals surface area contributed by atoms with Crippen LogP contribution in [-0.4, -0.2) is 140 Å². The molecule has 0 aromatic carbocycles. The van der Waals surface area contributed by atoms with Crippen LogP contribution in [0.25, 0.3) is 0 Å². The molecule has 0 aromatic heterocycles. The van der Waals surface area contributed by atoms with Gasteiger partial charge in [0.1, 0.15) is 48.8 Å². The zero-order valence-electron chi connectivity index (χ0n) is 45.6. The molecule has 2 saturated heterocycles. The summed E-state index contributed by atoms with van der Waals surface area (Å²) < 4.78 is 22.7. The van der Waals surface area contributed by atoms with Gasteiger partial charge in [-0.05, 0) is 77.0 Å². The summed E-state index contributed by atoms with van der Waals surface area (Å²) in [6.07, 6.45) is 43.3. The highest BCUT2D eigenvalue weighted by Crippen LogP contribution is 2.30. The second-order valence-corrected chi connectivity index (χ2v) is 20.0. The Hall–Kier alpha value is -2.83. The third-order valence-electron chi connectivity index (χ3n) is 13.6. The lowest BCUT2D eigenvalue weighted by atomic mass is 9.97. The molecule has 0 radical (unpaired) electrons. The van der Waals surface area contributed by atoms with Crippen molar-refractivity contribution in [1.29, 1.82) is 0 Å². The zero-order chi connectivity index (χ0) is 53.9. The Morgan fingerprint density at radius 1 is 0.500 bits per heavy atom. The van der Waals surface area contributed by atoms with E-state index in [9.17, 15) is 45.6 Å². The van der Waals surface area contributed by atoms with Crippen LogP contribution in [0.3, 0.4) is 0 Å². The molecule has 2 heterocycles. The maximum atomic E-state index is 13.2. The van der Waals surface area contributed by atoms with Crippen molar-refractivity contribution in [3.05, 3.63) is 85.1 Å². The third-order valence-corrected chi connectivity index (χ3v) is 13.6. The quantitative estimate of drug-likeness (QED) is 0.0205. The minimum atomic E-state index is -1.80. The SMILES string of the molecule is CC/C=C\C/C=C\C/C=C\C/C=C\C/C=C\CCCCCCCC(=O)NC(COC1OC(CO)C(OC2OC(CO)C(O)C(O)C2O)C(O)C1O)C(O)/C=C/CC/C=C/CCCCCCCCCCCCCCC. The third kappa shape index (κ3) is 30.8. The molecule has 0 spiro atoms. The second-order valence-electron chi connectivity index (χ2n) is 20.0. The van der Waals surface area contributed by atoms with Crippen LogP contribution >= 0.6 is 0 Å². The number of rotatable bonds is 44. The minimum absolute atomic E-state index is 0.247. The monoisotopic (exact) mass is 1050 g/mol. The van der Waals surface area contributed by atoms with Gasteiger partial charge in [-0.15, -0.1) is 0 Å². The average Bonchev–Trinajstić information content (AvgIpc) is 3.40. The lowest BCUT2D eigenvalue weighted by molar-refractivity contribution is -0.359. The summed E-state index contributed by atoms with van der Waals surface area (Å²) in [7, 11) is 0. The largest absolute Gasteiger partial charge is 0.394 e. The van der Waals surface area contributed by atoms with Gasteiger partial charge in [-0.3, -0.25) is 4.79 Å². The molecule has 2 aliphatic rings. The second kappa shape index (κ2) is 45.2. The Morgan fingerprint density at radius 3 is 1.49 bits per heavy atom. The van der Waals surface area contributed by atoms with E-state index in [0.29, 0.717) is 12.8 Å². The van der Waals surface area contributed by atoms with Gasteiger partial charge in [0.15, 0.2) is 12.6 Å². The fourth-order valence-corrected chi connectivity index (χ4v) is 8.92. The topological polar surface area (TPSA) is 228 Å². The van der Waals surface area contributed by atoms with Gasteiger partial charge in [-0.2, -0.15) is 0 Å². The van der Waals surface area contributed by atoms with Gasteiger partial charge in [-0.1, -0.05) is 195 Å². The number of allylic oxidation sites excluding steroid dienone is 13. The highest BCUT2D eigenvalue weighted by Gasteiger charge is 2.51. The number of unbranched alkanes of at least 4 members (excludes halogenated alkanes) is 19. The van der Waals surface area contributed by atoms with Crippen LogP contribution in [0.1, 0.15) is 194 Å². The number of amides is 1. The maximum absolute atomic E-state index is 13.2. The molecule has 12 unspecified atom stereocenters. The fourth-order valence-electron chi connectivity index (χ4n) is 8.92. The van der Waals surface area contributed by atoms with Crippen LogP contribution in [0.15, 0.2) is 85.1 Å². The van der Waals surface area contributed by atoms with E-state index in [1.54, 1.807) is 6.08 Å². The molecule has 0 bridgehead atoms. The Bertz CT molecular complexity index is 1560. The van der Waals surface area contributed by atoms with Gasteiger partial charge in [0.25, 0.3) is 0 Å². The molecule has 0 aliphatic carbocycles. The lowest BCUT2D eigenvalue weighted by Crippen LogP contribution is -2.65. The first-order chi connectivity index (χ1) is 36.1. The van der Waals surface area contributed by atoms with Crippen LogP contribution < -0.4 is 5.32 Å². The van der Waals surface area contributed by atoms with E-state index in [1.807, 2.05) is 6.08 Å². The van der Waals surface area contributed by atoms with Crippen LogP contribution in [0.4, 0.5) is 0 Å². The molecule has 12 atom stereocenters. The number of ether oxygens (including phenoxy) is 4. The molecular weight excluding hydrogens is 943 g/mol.